The van der Waals surface area contributed by atoms with E-state index in [1.807, 2.05) is 30.0 Å². The van der Waals surface area contributed by atoms with Crippen LogP contribution in [0.3, 0.4) is 0 Å². The Balaban J connectivity index is 2.08. The van der Waals surface area contributed by atoms with Gasteiger partial charge in [-0.15, -0.1) is 11.8 Å². The number of aryl methyl sites for hydroxylation is 1. The van der Waals surface area contributed by atoms with Crippen molar-refractivity contribution in [2.24, 2.45) is 0 Å². The summed E-state index contributed by atoms with van der Waals surface area (Å²) in [5.41, 5.74) is 8.93. The maximum Gasteiger partial charge on any atom is 0.0635 e. The molecule has 2 N–H and O–H groups in total. The molecule has 0 saturated carbocycles. The zero-order chi connectivity index (χ0) is 12.3. The van der Waals surface area contributed by atoms with E-state index in [1.165, 1.54) is 16.0 Å². The molecule has 0 aliphatic heterocycles. The second-order valence-corrected chi connectivity index (χ2v) is 5.33. The monoisotopic (exact) mass is 263 g/mol. The van der Waals surface area contributed by atoms with Crippen LogP contribution in [0.15, 0.2) is 47.4 Å². The Morgan fingerprint density at radius 2 is 1.94 bits per heavy atom. The van der Waals surface area contributed by atoms with Crippen LogP contribution in [0.1, 0.15) is 11.1 Å². The first-order valence-corrected chi connectivity index (χ1v) is 6.75. The first-order valence-electron chi connectivity index (χ1n) is 5.39. The highest BCUT2D eigenvalue weighted by molar-refractivity contribution is 7.98. The molecule has 0 aliphatic carbocycles. The lowest BCUT2D eigenvalue weighted by Gasteiger charge is -2.06. The van der Waals surface area contributed by atoms with Crippen LogP contribution < -0.4 is 5.73 Å². The topological polar surface area (TPSA) is 26.0 Å². The third kappa shape index (κ3) is 3.18. The van der Waals surface area contributed by atoms with Gasteiger partial charge < -0.3 is 5.73 Å². The Morgan fingerprint density at radius 1 is 1.18 bits per heavy atom. The Hall–Kier alpha value is -1.12. The van der Waals surface area contributed by atoms with E-state index in [4.69, 9.17) is 17.3 Å². The van der Waals surface area contributed by atoms with Gasteiger partial charge in [-0.25, -0.2) is 0 Å². The van der Waals surface area contributed by atoms with Crippen molar-refractivity contribution in [2.75, 3.05) is 5.73 Å². The van der Waals surface area contributed by atoms with Gasteiger partial charge in [-0.1, -0.05) is 35.9 Å². The Kier molecular flexibility index (Phi) is 3.97. The van der Waals surface area contributed by atoms with Crippen LogP contribution in [0, 0.1) is 6.92 Å². The fourth-order valence-corrected chi connectivity index (χ4v) is 2.65. The largest absolute Gasteiger partial charge is 0.398 e. The van der Waals surface area contributed by atoms with Crippen molar-refractivity contribution < 1.29 is 0 Å². The number of nitrogens with two attached hydrogens (primary N) is 1. The molecule has 17 heavy (non-hydrogen) atoms. The highest BCUT2D eigenvalue weighted by Crippen LogP contribution is 2.28. The van der Waals surface area contributed by atoms with Crippen molar-refractivity contribution >= 4 is 29.1 Å². The molecule has 0 spiro atoms. The molecule has 0 amide bonds. The molecule has 0 atom stereocenters. The number of hydrogen-bond donors (Lipinski definition) is 1. The molecule has 2 rings (SSSR count). The van der Waals surface area contributed by atoms with Crippen LogP contribution in [0.5, 0.6) is 0 Å². The number of benzene rings is 2. The van der Waals surface area contributed by atoms with Crippen molar-refractivity contribution in [1.29, 1.82) is 0 Å². The van der Waals surface area contributed by atoms with Crippen molar-refractivity contribution in [3.05, 3.63) is 58.6 Å². The molecule has 3 heteroatoms. The number of hydrogen-bond acceptors (Lipinski definition) is 2. The predicted molar refractivity (Wildman–Crippen MR) is 76.6 cm³/mol. The molecular weight excluding hydrogens is 250 g/mol. The number of thioether (sulfide) groups is 1. The van der Waals surface area contributed by atoms with Crippen LogP contribution in [-0.2, 0) is 5.75 Å². The first-order chi connectivity index (χ1) is 8.16. The van der Waals surface area contributed by atoms with E-state index in [1.54, 1.807) is 0 Å². The zero-order valence-corrected chi connectivity index (χ0v) is 11.2. The molecule has 2 aromatic carbocycles. The Labute approximate surface area is 111 Å². The van der Waals surface area contributed by atoms with E-state index >= 15 is 0 Å². The summed E-state index contributed by atoms with van der Waals surface area (Å²) in [4.78, 5) is 1.31. The number of nitrogen functional groups attached to an aromatic ring is 1. The molecule has 1 nitrogen and oxygen atoms in total. The van der Waals surface area contributed by atoms with Crippen LogP contribution in [-0.4, -0.2) is 0 Å². The van der Waals surface area contributed by atoms with Crippen molar-refractivity contribution in [3.8, 4) is 0 Å². The molecule has 0 unspecified atom stereocenters. The summed E-state index contributed by atoms with van der Waals surface area (Å²) in [6, 6.07) is 14.2. The summed E-state index contributed by atoms with van der Waals surface area (Å²) in [6.07, 6.45) is 0. The van der Waals surface area contributed by atoms with E-state index in [-0.39, 0.29) is 0 Å². The SMILES string of the molecule is Cc1ccccc1SCc1ccc(Cl)c(N)c1. The van der Waals surface area contributed by atoms with Crippen molar-refractivity contribution in [1.82, 2.24) is 0 Å². The lowest BCUT2D eigenvalue weighted by atomic mass is 10.2. The smallest absolute Gasteiger partial charge is 0.0635 e. The molecule has 0 heterocycles. The lowest BCUT2D eigenvalue weighted by Crippen LogP contribution is -1.89. The van der Waals surface area contributed by atoms with E-state index in [0.29, 0.717) is 10.7 Å². The minimum Gasteiger partial charge on any atom is -0.398 e. The molecule has 0 fully saturated rings. The number of rotatable bonds is 3. The van der Waals surface area contributed by atoms with Gasteiger partial charge in [-0.2, -0.15) is 0 Å². The minimum absolute atomic E-state index is 0.620. The van der Waals surface area contributed by atoms with E-state index in [9.17, 15) is 0 Å². The quantitative estimate of drug-likeness (QED) is 0.651. The van der Waals surface area contributed by atoms with Gasteiger partial charge in [0, 0.05) is 10.6 Å². The van der Waals surface area contributed by atoms with E-state index in [0.717, 1.165) is 5.75 Å². The second-order valence-electron chi connectivity index (χ2n) is 3.91. The average Bonchev–Trinajstić information content (AvgIpc) is 2.32. The summed E-state index contributed by atoms with van der Waals surface area (Å²) < 4.78 is 0. The maximum atomic E-state index is 5.89. The van der Waals surface area contributed by atoms with Crippen molar-refractivity contribution in [2.45, 2.75) is 17.6 Å². The van der Waals surface area contributed by atoms with Crippen LogP contribution in [0.2, 0.25) is 5.02 Å². The highest BCUT2D eigenvalue weighted by atomic mass is 35.5. The average molecular weight is 264 g/mol. The van der Waals surface area contributed by atoms with Crippen LogP contribution in [0.25, 0.3) is 0 Å². The van der Waals surface area contributed by atoms with Gasteiger partial charge in [0.05, 0.1) is 10.7 Å². The summed E-state index contributed by atoms with van der Waals surface area (Å²) >= 11 is 7.71. The minimum atomic E-state index is 0.620. The Morgan fingerprint density at radius 3 is 2.65 bits per heavy atom. The fourth-order valence-electron chi connectivity index (χ4n) is 1.56. The van der Waals surface area contributed by atoms with Crippen LogP contribution in [0.4, 0.5) is 5.69 Å². The maximum absolute atomic E-state index is 5.89. The Bertz CT molecular complexity index is 525. The van der Waals surface area contributed by atoms with Crippen molar-refractivity contribution in [3.63, 3.8) is 0 Å². The predicted octanol–water partition coefficient (Wildman–Crippen LogP) is 4.52. The zero-order valence-electron chi connectivity index (χ0n) is 9.61. The van der Waals surface area contributed by atoms with Gasteiger partial charge in [0.1, 0.15) is 0 Å². The molecule has 0 bridgehead atoms. The molecule has 0 radical (unpaired) electrons. The summed E-state index contributed by atoms with van der Waals surface area (Å²) in [5.74, 6) is 0.909. The third-order valence-corrected chi connectivity index (χ3v) is 4.14. The fraction of sp³-hybridized carbons (Fsp3) is 0.143. The highest BCUT2D eigenvalue weighted by Gasteiger charge is 2.01. The molecule has 0 saturated heterocycles. The van der Waals surface area contributed by atoms with E-state index in [2.05, 4.69) is 31.2 Å². The van der Waals surface area contributed by atoms with E-state index < -0.39 is 0 Å². The van der Waals surface area contributed by atoms with Gasteiger partial charge in [0.25, 0.3) is 0 Å². The van der Waals surface area contributed by atoms with Gasteiger partial charge >= 0.3 is 0 Å². The van der Waals surface area contributed by atoms with Crippen LogP contribution >= 0.6 is 23.4 Å². The summed E-state index contributed by atoms with van der Waals surface area (Å²) in [6.45, 7) is 2.12. The molecule has 0 aromatic heterocycles. The van der Waals surface area contributed by atoms with Gasteiger partial charge in [-0.3, -0.25) is 0 Å². The standard InChI is InChI=1S/C14H14ClNS/c1-10-4-2-3-5-14(10)17-9-11-6-7-12(15)13(16)8-11/h2-8H,9,16H2,1H3. The lowest BCUT2D eigenvalue weighted by molar-refractivity contribution is 1.29. The number of halogens is 1. The first kappa shape index (κ1) is 12.3. The summed E-state index contributed by atoms with van der Waals surface area (Å²) in [7, 11) is 0. The number of anilines is 1. The second kappa shape index (κ2) is 5.48. The van der Waals surface area contributed by atoms with Gasteiger partial charge in [-0.05, 0) is 36.2 Å². The van der Waals surface area contributed by atoms with Gasteiger partial charge in [0.2, 0.25) is 0 Å². The molecule has 0 aliphatic rings. The molecular formula is C14H14ClNS. The third-order valence-electron chi connectivity index (χ3n) is 2.55. The summed E-state index contributed by atoms with van der Waals surface area (Å²) in [5, 5.41) is 0.620. The van der Waals surface area contributed by atoms with Gasteiger partial charge in [0.15, 0.2) is 0 Å². The molecule has 88 valence electrons. The molecule has 2 aromatic rings. The normalized spacial score (nSPS) is 10.5.